The highest BCUT2D eigenvalue weighted by Crippen LogP contribution is 2.70. The fourth-order valence-corrected chi connectivity index (χ4v) is 20.5. The SMILES string of the molecule is COC(=O)COc1cc2cc(OCC(=O)OC)c1Oc1ccc(cc1)-c1ccc(cc1)Oc1c(OCC(=O)OC)cc(cc1OCC(=O)OC)C13CC4CC(C1)CC(C4)(C3)c1cc(OCC(=O)OC)c(c(OCC(=O)OC)c1)Oc1ccc(cc1)-c1ccc(cc1)Oc1c(OCC(=O)OC)cc(cc1OCC(=O)OC)C13CC4CC(CC2(C4)C1)C3.O=[N+]([O-])c1cc([N+](=O)[O-])cc([N+](=O)[O-])c1. The molecule has 0 N–H and O–H groups in total. The number of methoxy groups -OCH3 is 8. The molecule has 0 amide bonds. The van der Waals surface area contributed by atoms with Gasteiger partial charge in [-0.1, -0.05) is 48.5 Å². The Bertz CT molecular complexity index is 5150. The van der Waals surface area contributed by atoms with Crippen molar-refractivity contribution < 1.29 is 148 Å². The van der Waals surface area contributed by atoms with E-state index < -0.39 is 154 Å². The highest BCUT2D eigenvalue weighted by Gasteiger charge is 2.61. The van der Waals surface area contributed by atoms with Crippen molar-refractivity contribution >= 4 is 64.8 Å². The number of carbonyl (C=O) groups is 8. The lowest BCUT2D eigenvalue weighted by molar-refractivity contribution is -0.403. The maximum absolute atomic E-state index is 13.1. The molecule has 0 radical (unpaired) electrons. The van der Waals surface area contributed by atoms with E-state index in [9.17, 15) is 68.7 Å². The van der Waals surface area contributed by atoms with E-state index in [1.54, 1.807) is 48.5 Å². The lowest BCUT2D eigenvalue weighted by Gasteiger charge is -2.63. The van der Waals surface area contributed by atoms with Gasteiger partial charge in [0.25, 0.3) is 17.1 Å². The van der Waals surface area contributed by atoms with Crippen molar-refractivity contribution in [3.05, 3.63) is 216 Å². The standard InChI is InChI=1S/C92H92O28.C6H3N3O6/c1-101-77(93)43-109-69-27-61-28-70(110-44-78(94)102-2)85(69)117-65-17-9-57(10-18-65)58-11-19-66(20-12-58)119-87-73(113-47-81(97)105-5)31-63(32-74(87)114-48-82(98)106-6)91-39-55-26-56(40-91)42-92(41-55,52-91)64-33-75(115-49-83(99)107-7)88(76(34-64)116-50-84(100)108-8)120-68-23-15-60(16-24-68)59-13-21-67(22-14-59)118-86-71(111-45-79(95)103-3)29-62(30-72(86)112-46-80(96)104-4)90-37-53-25-54(38-90)36-89(61,35-53)51-90;10-7(11)4-1-5(8(12)13)3-6(2-4)9(14)15/h9-24,27-34,53-56H,25-26,35-52H2,1-8H3;1-3H. The topological polar surface area (TPSA) is 451 Å². The van der Waals surface area contributed by atoms with Gasteiger partial charge in [0.2, 0.25) is 23.0 Å². The first-order valence-electron chi connectivity index (χ1n) is 43.0. The van der Waals surface area contributed by atoms with E-state index in [4.69, 9.17) is 94.7 Å². The zero-order chi connectivity index (χ0) is 95.6. The van der Waals surface area contributed by atoms with Crippen LogP contribution in [-0.4, -0.2) is 172 Å². The molecule has 706 valence electrons. The summed E-state index contributed by atoms with van der Waals surface area (Å²) in [6, 6.07) is 45.6. The molecule has 135 heavy (non-hydrogen) atoms. The van der Waals surface area contributed by atoms with Crippen LogP contribution in [0.2, 0.25) is 0 Å². The van der Waals surface area contributed by atoms with Crippen molar-refractivity contribution in [3.8, 4) is 114 Å². The molecule has 8 saturated carbocycles. The largest absolute Gasteiger partial charge is 0.478 e. The van der Waals surface area contributed by atoms with E-state index in [1.165, 1.54) is 56.9 Å². The monoisotopic (exact) mass is 1860 g/mol. The predicted octanol–water partition coefficient (Wildman–Crippen LogP) is 15.9. The second kappa shape index (κ2) is 40.3. The van der Waals surface area contributed by atoms with Crippen LogP contribution >= 0.6 is 0 Å². The molecule has 0 saturated heterocycles. The molecule has 22 heterocycles. The highest BCUT2D eigenvalue weighted by atomic mass is 16.7. The summed E-state index contributed by atoms with van der Waals surface area (Å²) in [4.78, 5) is 133. The van der Waals surface area contributed by atoms with Crippen molar-refractivity contribution in [1.82, 2.24) is 0 Å². The number of rotatable bonds is 27. The van der Waals surface area contributed by atoms with E-state index in [0.29, 0.717) is 54.0 Å². The summed E-state index contributed by atoms with van der Waals surface area (Å²) in [5.41, 5.74) is 1.74. The summed E-state index contributed by atoms with van der Waals surface area (Å²) in [6.45, 7) is -4.17. The zero-order valence-electron chi connectivity index (χ0n) is 74.8. The molecular formula is C98H95N3O34. The summed E-state index contributed by atoms with van der Waals surface area (Å²) in [6.07, 6.45) is 8.92. The van der Waals surface area contributed by atoms with E-state index in [-0.39, 0.29) is 92.7 Å². The van der Waals surface area contributed by atoms with Gasteiger partial charge in [0, 0.05) is 0 Å². The summed E-state index contributed by atoms with van der Waals surface area (Å²) in [5, 5.41) is 30.9. The molecule has 0 unspecified atom stereocenters. The maximum atomic E-state index is 13.1. The normalized spacial score (nSPS) is 20.2. The molecule has 22 aliphatic heterocycles. The van der Waals surface area contributed by atoms with Gasteiger partial charge in [-0.05, 0) is 264 Å². The van der Waals surface area contributed by atoms with Crippen LogP contribution in [0.1, 0.15) is 99.3 Å². The van der Waals surface area contributed by atoms with Gasteiger partial charge in [-0.25, -0.2) is 38.4 Å². The number of ether oxygens (including phenoxy) is 20. The summed E-state index contributed by atoms with van der Waals surface area (Å²) >= 11 is 0. The van der Waals surface area contributed by atoms with Gasteiger partial charge in [0.05, 0.1) is 89.8 Å². The van der Waals surface area contributed by atoms with Gasteiger partial charge in [0.1, 0.15) is 23.0 Å². The van der Waals surface area contributed by atoms with Crippen LogP contribution in [0.25, 0.3) is 22.3 Å². The third-order valence-electron chi connectivity index (χ3n) is 25.7. The van der Waals surface area contributed by atoms with Crippen molar-refractivity contribution in [3.63, 3.8) is 0 Å². The Morgan fingerprint density at radius 1 is 0.267 bits per heavy atom. The number of carbonyl (C=O) groups excluding carboxylic acids is 8. The number of hydrogen-bond acceptors (Lipinski definition) is 34. The molecule has 4 spiro atoms. The number of hydrogen-bond donors (Lipinski definition) is 0. The van der Waals surface area contributed by atoms with Gasteiger partial charge in [0.15, 0.2) is 98.9 Å². The fourth-order valence-electron chi connectivity index (χ4n) is 20.5. The number of esters is 8. The van der Waals surface area contributed by atoms with Crippen LogP contribution in [0.4, 0.5) is 17.1 Å². The first-order valence-corrected chi connectivity index (χ1v) is 43.0. The fraction of sp³-hybridized carbons (Fsp3) is 0.367. The Morgan fingerprint density at radius 2 is 0.422 bits per heavy atom. The van der Waals surface area contributed by atoms with Gasteiger partial charge in [-0.2, -0.15) is 0 Å². The molecule has 24 bridgehead atoms. The highest BCUT2D eigenvalue weighted by molar-refractivity contribution is 5.77. The third-order valence-corrected chi connectivity index (χ3v) is 25.7. The maximum Gasteiger partial charge on any atom is 0.343 e. The van der Waals surface area contributed by atoms with Crippen molar-refractivity contribution in [2.24, 2.45) is 23.7 Å². The first-order chi connectivity index (χ1) is 64.9. The number of non-ortho nitro benzene ring substituents is 3. The van der Waals surface area contributed by atoms with Crippen molar-refractivity contribution in [2.75, 3.05) is 110 Å². The molecule has 8 aliphatic carbocycles. The van der Waals surface area contributed by atoms with Gasteiger partial charge >= 0.3 is 47.8 Å². The third kappa shape index (κ3) is 21.1. The average molecular weight is 1860 g/mol. The molecule has 9 aromatic carbocycles. The number of benzene rings is 9. The Balaban J connectivity index is 0.000000844. The summed E-state index contributed by atoms with van der Waals surface area (Å²) in [7, 11) is 10.0. The number of nitro benzene ring substituents is 3. The molecule has 37 nitrogen and oxygen atoms in total. The van der Waals surface area contributed by atoms with E-state index >= 15 is 0 Å². The lowest BCUT2D eigenvalue weighted by Crippen LogP contribution is -2.56. The molecule has 0 aromatic heterocycles. The number of nitro groups is 3. The number of nitrogens with zero attached hydrogens (tertiary/aromatic N) is 3. The van der Waals surface area contributed by atoms with Crippen LogP contribution in [0, 0.1) is 54.0 Å². The predicted molar refractivity (Wildman–Crippen MR) is 472 cm³/mol. The lowest BCUT2D eigenvalue weighted by atomic mass is 9.41. The molecule has 37 heteroatoms. The van der Waals surface area contributed by atoms with Crippen LogP contribution < -0.4 is 56.8 Å². The van der Waals surface area contributed by atoms with Crippen molar-refractivity contribution in [2.45, 2.75) is 98.7 Å². The molecular weight excluding hydrogens is 1760 g/mol. The summed E-state index contributed by atoms with van der Waals surface area (Å²) in [5.74, 6) is -2.16. The molecule has 0 atom stereocenters. The van der Waals surface area contributed by atoms with Crippen molar-refractivity contribution in [1.29, 1.82) is 0 Å². The zero-order valence-corrected chi connectivity index (χ0v) is 74.8. The van der Waals surface area contributed by atoms with E-state index in [0.717, 1.165) is 109 Å². The van der Waals surface area contributed by atoms with E-state index in [2.05, 4.69) is 0 Å². The molecule has 30 aliphatic rings. The Kier molecular flexibility index (Phi) is 28.1. The van der Waals surface area contributed by atoms with Crippen LogP contribution in [0.15, 0.2) is 164 Å². The quantitative estimate of drug-likeness (QED) is 0.0200. The molecule has 39 rings (SSSR count). The van der Waals surface area contributed by atoms with Gasteiger partial charge in [-0.15, -0.1) is 0 Å². The Labute approximate surface area is 771 Å². The smallest absolute Gasteiger partial charge is 0.343 e. The van der Waals surface area contributed by atoms with Gasteiger partial charge in [-0.3, -0.25) is 30.3 Å². The second-order valence-electron chi connectivity index (χ2n) is 34.2. The minimum Gasteiger partial charge on any atom is -0.478 e. The first kappa shape index (κ1) is 94.2. The molecule has 8 fully saturated rings. The minimum atomic E-state index is -0.931. The van der Waals surface area contributed by atoms with E-state index in [1.807, 2.05) is 97.1 Å². The minimum absolute atomic E-state index is 0.0581. The molecule has 9 aromatic rings. The van der Waals surface area contributed by atoms with Gasteiger partial charge < -0.3 is 94.7 Å². The Hall–Kier alpha value is -15.5. The van der Waals surface area contributed by atoms with Crippen LogP contribution in [0.5, 0.6) is 92.0 Å². The van der Waals surface area contributed by atoms with Crippen LogP contribution in [-0.2, 0) is 97.9 Å². The van der Waals surface area contributed by atoms with Crippen LogP contribution in [0.3, 0.4) is 0 Å². The Morgan fingerprint density at radius 3 is 0.563 bits per heavy atom. The second-order valence-corrected chi connectivity index (χ2v) is 34.2. The average Bonchev–Trinajstić information content (AvgIpc) is 0.703. The summed E-state index contributed by atoms with van der Waals surface area (Å²) < 4.78 is 119.